The molecule has 0 aliphatic rings. The van der Waals surface area contributed by atoms with Crippen LogP contribution in [0.25, 0.3) is 0 Å². The number of carbonyl (C=O) groups is 2. The standard InChI is InChI=1S/C15H18N4O4/c1-9(2)23-14(20)11-6-4-10(5-7-11)8-19-13(16)12(17-18-19)15(21)22-3/h4-7,9H,8,16H2,1-3H3. The Morgan fingerprint density at radius 3 is 2.43 bits per heavy atom. The summed E-state index contributed by atoms with van der Waals surface area (Å²) in [7, 11) is 1.25. The van der Waals surface area contributed by atoms with Crippen molar-refractivity contribution in [2.24, 2.45) is 0 Å². The van der Waals surface area contributed by atoms with Crippen molar-refractivity contribution in [1.29, 1.82) is 0 Å². The molecule has 0 atom stereocenters. The SMILES string of the molecule is COC(=O)c1nnn(Cc2ccc(C(=O)OC(C)C)cc2)c1N. The van der Waals surface area contributed by atoms with E-state index in [1.165, 1.54) is 11.8 Å². The van der Waals surface area contributed by atoms with E-state index in [9.17, 15) is 9.59 Å². The van der Waals surface area contributed by atoms with Crippen molar-refractivity contribution in [1.82, 2.24) is 15.0 Å². The molecule has 0 bridgehead atoms. The summed E-state index contributed by atoms with van der Waals surface area (Å²) >= 11 is 0. The van der Waals surface area contributed by atoms with E-state index in [0.29, 0.717) is 12.1 Å². The van der Waals surface area contributed by atoms with E-state index in [1.54, 1.807) is 38.1 Å². The van der Waals surface area contributed by atoms with Crippen LogP contribution in [0.15, 0.2) is 24.3 Å². The lowest BCUT2D eigenvalue weighted by Crippen LogP contribution is -2.12. The zero-order valence-corrected chi connectivity index (χ0v) is 13.1. The number of nitrogens with zero attached hydrogens (tertiary/aromatic N) is 3. The Balaban J connectivity index is 2.11. The van der Waals surface area contributed by atoms with Crippen LogP contribution in [0.5, 0.6) is 0 Å². The van der Waals surface area contributed by atoms with Gasteiger partial charge in [-0.05, 0) is 31.5 Å². The molecular weight excluding hydrogens is 300 g/mol. The van der Waals surface area contributed by atoms with Gasteiger partial charge in [0.05, 0.1) is 25.3 Å². The molecular formula is C15H18N4O4. The van der Waals surface area contributed by atoms with Crippen molar-refractivity contribution < 1.29 is 19.1 Å². The van der Waals surface area contributed by atoms with Crippen LogP contribution in [0.4, 0.5) is 5.82 Å². The van der Waals surface area contributed by atoms with Crippen LogP contribution >= 0.6 is 0 Å². The number of aromatic nitrogens is 3. The highest BCUT2D eigenvalue weighted by molar-refractivity contribution is 5.91. The summed E-state index contributed by atoms with van der Waals surface area (Å²) in [6.45, 7) is 3.90. The molecule has 0 unspecified atom stereocenters. The average Bonchev–Trinajstić information content (AvgIpc) is 2.87. The van der Waals surface area contributed by atoms with Gasteiger partial charge in [-0.1, -0.05) is 17.3 Å². The number of esters is 2. The van der Waals surface area contributed by atoms with Gasteiger partial charge in [-0.3, -0.25) is 0 Å². The van der Waals surface area contributed by atoms with Gasteiger partial charge in [-0.15, -0.1) is 5.10 Å². The van der Waals surface area contributed by atoms with Crippen LogP contribution in [0.3, 0.4) is 0 Å². The van der Waals surface area contributed by atoms with Crippen LogP contribution in [-0.2, 0) is 16.0 Å². The summed E-state index contributed by atoms with van der Waals surface area (Å²) < 4.78 is 11.1. The maximum absolute atomic E-state index is 11.8. The fourth-order valence-corrected chi connectivity index (χ4v) is 1.88. The third-order valence-electron chi connectivity index (χ3n) is 3.02. The molecule has 2 rings (SSSR count). The second-order valence-corrected chi connectivity index (χ2v) is 5.12. The number of nitrogen functional groups attached to an aromatic ring is 1. The first-order valence-corrected chi connectivity index (χ1v) is 6.99. The minimum absolute atomic E-state index is 0.0235. The highest BCUT2D eigenvalue weighted by Crippen LogP contribution is 2.13. The van der Waals surface area contributed by atoms with Crippen molar-refractivity contribution in [3.05, 3.63) is 41.1 Å². The van der Waals surface area contributed by atoms with Gasteiger partial charge in [0, 0.05) is 0 Å². The van der Waals surface area contributed by atoms with E-state index >= 15 is 0 Å². The Hall–Kier alpha value is -2.90. The van der Waals surface area contributed by atoms with Crippen LogP contribution in [0, 0.1) is 0 Å². The molecule has 0 spiro atoms. The molecule has 0 saturated heterocycles. The van der Waals surface area contributed by atoms with Gasteiger partial charge in [0.25, 0.3) is 0 Å². The molecule has 2 aromatic rings. The number of methoxy groups -OCH3 is 1. The van der Waals surface area contributed by atoms with E-state index < -0.39 is 5.97 Å². The van der Waals surface area contributed by atoms with Crippen LogP contribution < -0.4 is 5.73 Å². The van der Waals surface area contributed by atoms with Crippen molar-refractivity contribution in [3.63, 3.8) is 0 Å². The Morgan fingerprint density at radius 1 is 1.22 bits per heavy atom. The summed E-state index contributed by atoms with van der Waals surface area (Å²) in [5.41, 5.74) is 7.11. The molecule has 122 valence electrons. The molecule has 0 aliphatic heterocycles. The summed E-state index contributed by atoms with van der Waals surface area (Å²) in [4.78, 5) is 23.2. The molecule has 1 aromatic heterocycles. The summed E-state index contributed by atoms with van der Waals surface area (Å²) in [6.07, 6.45) is -0.172. The predicted molar refractivity (Wildman–Crippen MR) is 81.9 cm³/mol. The smallest absolute Gasteiger partial charge is 0.362 e. The minimum atomic E-state index is -0.638. The van der Waals surface area contributed by atoms with E-state index in [-0.39, 0.29) is 23.6 Å². The molecule has 23 heavy (non-hydrogen) atoms. The first-order valence-electron chi connectivity index (χ1n) is 6.99. The number of hydrogen-bond donors (Lipinski definition) is 1. The molecule has 1 heterocycles. The number of carbonyl (C=O) groups excluding carboxylic acids is 2. The largest absolute Gasteiger partial charge is 0.464 e. The average molecular weight is 318 g/mol. The quantitative estimate of drug-likeness (QED) is 0.826. The zero-order valence-electron chi connectivity index (χ0n) is 13.1. The third-order valence-corrected chi connectivity index (χ3v) is 3.02. The number of hydrogen-bond acceptors (Lipinski definition) is 7. The molecule has 1 aromatic carbocycles. The topological polar surface area (TPSA) is 109 Å². The first kappa shape index (κ1) is 16.5. The molecule has 8 heteroatoms. The molecule has 0 saturated carbocycles. The van der Waals surface area contributed by atoms with Crippen molar-refractivity contribution in [2.45, 2.75) is 26.5 Å². The predicted octanol–water partition coefficient (Wildman–Crippen LogP) is 1.26. The van der Waals surface area contributed by atoms with Crippen LogP contribution in [-0.4, -0.2) is 40.1 Å². The fourth-order valence-electron chi connectivity index (χ4n) is 1.88. The lowest BCUT2D eigenvalue weighted by Gasteiger charge is -2.08. The monoisotopic (exact) mass is 318 g/mol. The summed E-state index contributed by atoms with van der Waals surface area (Å²) in [6, 6.07) is 6.84. The first-order chi connectivity index (χ1) is 10.9. The molecule has 0 fully saturated rings. The minimum Gasteiger partial charge on any atom is -0.464 e. The van der Waals surface area contributed by atoms with Gasteiger partial charge >= 0.3 is 11.9 Å². The maximum atomic E-state index is 11.8. The van der Waals surface area contributed by atoms with Crippen LogP contribution in [0.2, 0.25) is 0 Å². The number of rotatable bonds is 5. The highest BCUT2D eigenvalue weighted by Gasteiger charge is 2.18. The van der Waals surface area contributed by atoms with Gasteiger partial charge in [0.15, 0.2) is 5.82 Å². The Bertz CT molecular complexity index is 707. The summed E-state index contributed by atoms with van der Waals surface area (Å²) in [5.74, 6) is -0.888. The Morgan fingerprint density at radius 2 is 1.87 bits per heavy atom. The number of ether oxygens (including phenoxy) is 2. The molecule has 0 amide bonds. The molecule has 0 radical (unpaired) electrons. The lowest BCUT2D eigenvalue weighted by atomic mass is 10.1. The highest BCUT2D eigenvalue weighted by atomic mass is 16.5. The second-order valence-electron chi connectivity index (χ2n) is 5.12. The number of anilines is 1. The fraction of sp³-hybridized carbons (Fsp3) is 0.333. The van der Waals surface area contributed by atoms with E-state index in [2.05, 4.69) is 15.0 Å². The Kier molecular flexibility index (Phi) is 4.95. The third kappa shape index (κ3) is 3.85. The van der Waals surface area contributed by atoms with Crippen LogP contribution in [0.1, 0.15) is 40.3 Å². The van der Waals surface area contributed by atoms with Gasteiger partial charge in [0.2, 0.25) is 5.69 Å². The summed E-state index contributed by atoms with van der Waals surface area (Å²) in [5, 5.41) is 7.53. The van der Waals surface area contributed by atoms with Gasteiger partial charge in [0.1, 0.15) is 0 Å². The van der Waals surface area contributed by atoms with Crippen molar-refractivity contribution in [2.75, 3.05) is 12.8 Å². The van der Waals surface area contributed by atoms with Gasteiger partial charge < -0.3 is 15.2 Å². The molecule has 8 nitrogen and oxygen atoms in total. The van der Waals surface area contributed by atoms with Crippen molar-refractivity contribution in [3.8, 4) is 0 Å². The molecule has 0 aliphatic carbocycles. The maximum Gasteiger partial charge on any atom is 0.362 e. The number of benzene rings is 1. The lowest BCUT2D eigenvalue weighted by molar-refractivity contribution is 0.0377. The van der Waals surface area contributed by atoms with Crippen molar-refractivity contribution >= 4 is 17.8 Å². The van der Waals surface area contributed by atoms with Gasteiger partial charge in [-0.2, -0.15) is 0 Å². The van der Waals surface area contributed by atoms with E-state index in [4.69, 9.17) is 10.5 Å². The second kappa shape index (κ2) is 6.91. The van der Waals surface area contributed by atoms with E-state index in [0.717, 1.165) is 5.56 Å². The Labute approximate surface area is 133 Å². The molecule has 2 N–H and O–H groups in total. The van der Waals surface area contributed by atoms with Gasteiger partial charge in [-0.25, -0.2) is 14.3 Å². The normalized spacial score (nSPS) is 10.6. The van der Waals surface area contributed by atoms with E-state index in [1.807, 2.05) is 0 Å². The number of nitrogens with two attached hydrogens (primary N) is 1. The zero-order chi connectivity index (χ0) is 17.0.